The van der Waals surface area contributed by atoms with Crippen LogP contribution in [0.4, 0.5) is 5.69 Å². The molecule has 0 spiro atoms. The van der Waals surface area contributed by atoms with Crippen LogP contribution in [0.2, 0.25) is 0 Å². The third-order valence-corrected chi connectivity index (χ3v) is 7.25. The van der Waals surface area contributed by atoms with Crippen LogP contribution in [0.15, 0.2) is 52.7 Å². The van der Waals surface area contributed by atoms with Crippen molar-refractivity contribution in [2.75, 3.05) is 4.72 Å². The first-order valence-electron chi connectivity index (χ1n) is 9.58. The molecule has 2 aromatic carbocycles. The highest BCUT2D eigenvalue weighted by molar-refractivity contribution is 7.92. The Hall–Kier alpha value is -2.71. The molecule has 0 unspecified atom stereocenters. The van der Waals surface area contributed by atoms with Gasteiger partial charge in [-0.15, -0.1) is 11.3 Å². The third kappa shape index (κ3) is 5.25. The zero-order valence-corrected chi connectivity index (χ0v) is 19.0. The number of nitrogens with zero attached hydrogens (tertiary/aromatic N) is 1. The van der Waals surface area contributed by atoms with E-state index in [0.717, 1.165) is 21.8 Å². The fourth-order valence-corrected chi connectivity index (χ4v) is 4.71. The highest BCUT2D eigenvalue weighted by Crippen LogP contribution is 2.20. The van der Waals surface area contributed by atoms with Gasteiger partial charge < -0.3 is 5.32 Å². The summed E-state index contributed by atoms with van der Waals surface area (Å²) >= 11 is 1.58. The van der Waals surface area contributed by atoms with Gasteiger partial charge in [0.2, 0.25) is 0 Å². The first-order valence-corrected chi connectivity index (χ1v) is 11.9. The van der Waals surface area contributed by atoms with E-state index in [1.807, 2.05) is 19.2 Å². The van der Waals surface area contributed by atoms with E-state index in [2.05, 4.69) is 28.9 Å². The predicted octanol–water partition coefficient (Wildman–Crippen LogP) is 4.61. The van der Waals surface area contributed by atoms with Crippen LogP contribution in [0.3, 0.4) is 0 Å². The van der Waals surface area contributed by atoms with Crippen LogP contribution in [0, 0.1) is 13.8 Å². The minimum absolute atomic E-state index is 0.205. The Morgan fingerprint density at radius 3 is 2.37 bits per heavy atom. The first kappa shape index (κ1) is 22.0. The normalized spacial score (nSPS) is 11.5. The lowest BCUT2D eigenvalue weighted by Gasteiger charge is -2.10. The highest BCUT2D eigenvalue weighted by atomic mass is 32.2. The smallest absolute Gasteiger partial charge is 0.261 e. The van der Waals surface area contributed by atoms with Crippen LogP contribution in [-0.2, 0) is 16.6 Å². The van der Waals surface area contributed by atoms with E-state index in [-0.39, 0.29) is 10.8 Å². The Kier molecular flexibility index (Phi) is 6.58. The summed E-state index contributed by atoms with van der Waals surface area (Å²) in [5.41, 5.74) is 3.61. The summed E-state index contributed by atoms with van der Waals surface area (Å²) in [7, 11) is -3.69. The van der Waals surface area contributed by atoms with E-state index >= 15 is 0 Å². The Bertz CT molecular complexity index is 1150. The lowest BCUT2D eigenvalue weighted by molar-refractivity contribution is 0.0950. The van der Waals surface area contributed by atoms with E-state index in [1.165, 1.54) is 0 Å². The molecule has 0 aliphatic rings. The van der Waals surface area contributed by atoms with Crippen LogP contribution in [0.5, 0.6) is 0 Å². The molecule has 8 heteroatoms. The third-order valence-electron chi connectivity index (χ3n) is 4.68. The SMILES string of the molecule is Cc1ccc(S(=O)(=O)Nc2ccc(C(=O)NCc3csc(C(C)C)n3)cc2)cc1C. The van der Waals surface area contributed by atoms with Gasteiger partial charge >= 0.3 is 0 Å². The predicted molar refractivity (Wildman–Crippen MR) is 121 cm³/mol. The summed E-state index contributed by atoms with van der Waals surface area (Å²) in [6.07, 6.45) is 0. The molecule has 158 valence electrons. The molecule has 0 aliphatic carbocycles. The number of thiazole rings is 1. The summed E-state index contributed by atoms with van der Waals surface area (Å²) in [4.78, 5) is 17.1. The van der Waals surface area contributed by atoms with Crippen LogP contribution < -0.4 is 10.0 Å². The molecule has 3 aromatic rings. The van der Waals surface area contributed by atoms with E-state index < -0.39 is 10.0 Å². The number of benzene rings is 2. The van der Waals surface area contributed by atoms with Gasteiger partial charge in [-0.05, 0) is 61.4 Å². The molecule has 0 saturated heterocycles. The molecular weight excluding hydrogens is 418 g/mol. The molecule has 0 aliphatic heterocycles. The summed E-state index contributed by atoms with van der Waals surface area (Å²) in [5.74, 6) is 0.122. The number of amides is 1. The van der Waals surface area contributed by atoms with Crippen molar-refractivity contribution in [1.29, 1.82) is 0 Å². The Labute approximate surface area is 181 Å². The largest absolute Gasteiger partial charge is 0.346 e. The molecule has 1 aromatic heterocycles. The number of carbonyl (C=O) groups excluding carboxylic acids is 1. The monoisotopic (exact) mass is 443 g/mol. The Morgan fingerprint density at radius 1 is 1.07 bits per heavy atom. The fourth-order valence-electron chi connectivity index (χ4n) is 2.73. The second kappa shape index (κ2) is 8.97. The highest BCUT2D eigenvalue weighted by Gasteiger charge is 2.15. The molecule has 1 heterocycles. The van der Waals surface area contributed by atoms with Gasteiger partial charge in [0.15, 0.2) is 0 Å². The Balaban J connectivity index is 1.63. The first-order chi connectivity index (χ1) is 14.2. The van der Waals surface area contributed by atoms with Crippen molar-refractivity contribution in [2.24, 2.45) is 0 Å². The average Bonchev–Trinajstić information content (AvgIpc) is 3.18. The van der Waals surface area contributed by atoms with Crippen molar-refractivity contribution in [1.82, 2.24) is 10.3 Å². The maximum absolute atomic E-state index is 12.6. The van der Waals surface area contributed by atoms with E-state index in [1.54, 1.807) is 53.8 Å². The summed E-state index contributed by atoms with van der Waals surface area (Å²) in [5, 5.41) is 5.83. The number of hydrogen-bond acceptors (Lipinski definition) is 5. The molecular formula is C22H25N3O3S2. The van der Waals surface area contributed by atoms with Crippen LogP contribution in [-0.4, -0.2) is 19.3 Å². The maximum Gasteiger partial charge on any atom is 0.261 e. The van der Waals surface area contributed by atoms with Crippen molar-refractivity contribution in [2.45, 2.75) is 45.1 Å². The van der Waals surface area contributed by atoms with Gasteiger partial charge in [0.05, 0.1) is 22.1 Å². The molecule has 0 fully saturated rings. The van der Waals surface area contributed by atoms with E-state index in [9.17, 15) is 13.2 Å². The summed E-state index contributed by atoms with van der Waals surface area (Å²) in [6, 6.07) is 11.3. The average molecular weight is 444 g/mol. The minimum atomic E-state index is -3.69. The van der Waals surface area contributed by atoms with Gasteiger partial charge in [0, 0.05) is 22.5 Å². The molecule has 0 radical (unpaired) electrons. The molecule has 30 heavy (non-hydrogen) atoms. The molecule has 0 saturated carbocycles. The van der Waals surface area contributed by atoms with Crippen molar-refractivity contribution in [3.05, 3.63) is 75.2 Å². The zero-order valence-electron chi connectivity index (χ0n) is 17.4. The second-order valence-electron chi connectivity index (χ2n) is 7.44. The van der Waals surface area contributed by atoms with Crippen molar-refractivity contribution < 1.29 is 13.2 Å². The lowest BCUT2D eigenvalue weighted by atomic mass is 10.1. The molecule has 6 nitrogen and oxygen atoms in total. The van der Waals surface area contributed by atoms with Crippen LogP contribution in [0.25, 0.3) is 0 Å². The van der Waals surface area contributed by atoms with Crippen molar-refractivity contribution in [3.63, 3.8) is 0 Å². The van der Waals surface area contributed by atoms with E-state index in [0.29, 0.717) is 23.7 Å². The topological polar surface area (TPSA) is 88.2 Å². The van der Waals surface area contributed by atoms with Gasteiger partial charge in [0.1, 0.15) is 0 Å². The summed E-state index contributed by atoms with van der Waals surface area (Å²) in [6.45, 7) is 8.31. The standard InChI is InChI=1S/C22H25N3O3S2/c1-14(2)22-24-19(13-29-22)12-23-21(26)17-6-8-18(9-7-17)25-30(27,28)20-10-5-15(3)16(4)11-20/h5-11,13-14,25H,12H2,1-4H3,(H,23,26). The Morgan fingerprint density at radius 2 is 1.77 bits per heavy atom. The molecule has 1 amide bonds. The van der Waals surface area contributed by atoms with E-state index in [4.69, 9.17) is 0 Å². The lowest BCUT2D eigenvalue weighted by Crippen LogP contribution is -2.23. The van der Waals surface area contributed by atoms with Gasteiger partial charge in [-0.1, -0.05) is 19.9 Å². The quantitative estimate of drug-likeness (QED) is 0.558. The zero-order chi connectivity index (χ0) is 21.9. The molecule has 0 bridgehead atoms. The molecule has 0 atom stereocenters. The minimum Gasteiger partial charge on any atom is -0.346 e. The van der Waals surface area contributed by atoms with Gasteiger partial charge in [0.25, 0.3) is 15.9 Å². The number of aromatic nitrogens is 1. The summed E-state index contributed by atoms with van der Waals surface area (Å²) < 4.78 is 27.7. The number of sulfonamides is 1. The number of hydrogen-bond donors (Lipinski definition) is 2. The molecule has 2 N–H and O–H groups in total. The van der Waals surface area contributed by atoms with Crippen LogP contribution in [0.1, 0.15) is 52.0 Å². The number of rotatable bonds is 7. The van der Waals surface area contributed by atoms with Crippen molar-refractivity contribution >= 4 is 33.0 Å². The number of aryl methyl sites for hydroxylation is 2. The van der Waals surface area contributed by atoms with Crippen LogP contribution >= 0.6 is 11.3 Å². The second-order valence-corrected chi connectivity index (χ2v) is 10.0. The van der Waals surface area contributed by atoms with Gasteiger partial charge in [-0.3, -0.25) is 9.52 Å². The maximum atomic E-state index is 12.6. The molecule has 3 rings (SSSR count). The van der Waals surface area contributed by atoms with Gasteiger partial charge in [-0.25, -0.2) is 13.4 Å². The fraction of sp³-hybridized carbons (Fsp3) is 0.273. The number of carbonyl (C=O) groups is 1. The number of anilines is 1. The number of nitrogens with one attached hydrogen (secondary N) is 2. The van der Waals surface area contributed by atoms with Crippen molar-refractivity contribution in [3.8, 4) is 0 Å². The van der Waals surface area contributed by atoms with Gasteiger partial charge in [-0.2, -0.15) is 0 Å².